The lowest BCUT2D eigenvalue weighted by molar-refractivity contribution is -0.119. The van der Waals surface area contributed by atoms with Crippen LogP contribution in [0.4, 0.5) is 4.39 Å². The van der Waals surface area contributed by atoms with E-state index in [-0.39, 0.29) is 11.8 Å². The average molecular weight is 307 g/mol. The number of piperidine rings is 1. The van der Waals surface area contributed by atoms with Gasteiger partial charge in [0.1, 0.15) is 6.17 Å². The van der Waals surface area contributed by atoms with Crippen LogP contribution in [0.5, 0.6) is 0 Å². The summed E-state index contributed by atoms with van der Waals surface area (Å²) in [5, 5.41) is 13.2. The molecular formula is C11H18FN3O4S. The van der Waals surface area contributed by atoms with Crippen LogP contribution < -0.4 is 10.0 Å². The largest absolute Gasteiger partial charge is 0.391 e. The van der Waals surface area contributed by atoms with E-state index in [4.69, 9.17) is 0 Å². The zero-order chi connectivity index (χ0) is 14.5. The molecule has 1 saturated carbocycles. The van der Waals surface area contributed by atoms with E-state index in [0.717, 1.165) is 17.3 Å². The van der Waals surface area contributed by atoms with Crippen LogP contribution >= 0.6 is 0 Å². The Bertz CT molecular complexity index is 514. The van der Waals surface area contributed by atoms with Crippen molar-refractivity contribution in [1.29, 1.82) is 0 Å². The van der Waals surface area contributed by atoms with Gasteiger partial charge in [-0.3, -0.25) is 4.79 Å². The topological polar surface area (TPSA) is 98.7 Å². The summed E-state index contributed by atoms with van der Waals surface area (Å²) in [6.45, 7) is 0.840. The third kappa shape index (κ3) is 2.22. The van der Waals surface area contributed by atoms with E-state index in [1.807, 2.05) is 4.72 Å². The lowest BCUT2D eigenvalue weighted by atomic mass is 9.71. The van der Waals surface area contributed by atoms with Crippen LogP contribution in [-0.2, 0) is 15.0 Å². The number of nitrogens with one attached hydrogen (secondary N) is 2. The number of hydrogen-bond donors (Lipinski definition) is 3. The number of aliphatic hydroxyl groups is 1. The molecule has 3 aliphatic rings. The standard InChI is InChI=1S/C11H18FN3O4S/c12-10-7-4-13-2-1-6(7)3-8(16)11(10)15-5-9(17)14-20(15,18)19/h6-8,10-11,13,16H,1-5H2,(H,14,17). The fraction of sp³-hybridized carbons (Fsp3) is 0.909. The molecule has 114 valence electrons. The second-order valence-corrected chi connectivity index (χ2v) is 7.35. The predicted octanol–water partition coefficient (Wildman–Crippen LogP) is -1.64. The third-order valence-electron chi connectivity index (χ3n) is 4.53. The first-order valence-electron chi connectivity index (χ1n) is 6.75. The molecule has 3 rings (SSSR count). The lowest BCUT2D eigenvalue weighted by Crippen LogP contribution is -2.60. The summed E-state index contributed by atoms with van der Waals surface area (Å²) in [7, 11) is -4.03. The Morgan fingerprint density at radius 1 is 1.40 bits per heavy atom. The Labute approximate surface area is 116 Å². The minimum Gasteiger partial charge on any atom is -0.391 e. The molecule has 0 aromatic carbocycles. The third-order valence-corrected chi connectivity index (χ3v) is 6.01. The number of fused-ring (bicyclic) bond motifs is 1. The molecule has 0 aromatic heterocycles. The van der Waals surface area contributed by atoms with Crippen LogP contribution in [-0.4, -0.2) is 61.7 Å². The average Bonchev–Trinajstić information content (AvgIpc) is 2.63. The zero-order valence-electron chi connectivity index (χ0n) is 10.8. The van der Waals surface area contributed by atoms with Crippen molar-refractivity contribution in [2.24, 2.45) is 11.8 Å². The summed E-state index contributed by atoms with van der Waals surface area (Å²) in [5.41, 5.74) is 0. The molecule has 0 bridgehead atoms. The number of hydrogen-bond acceptors (Lipinski definition) is 5. The monoisotopic (exact) mass is 307 g/mol. The zero-order valence-corrected chi connectivity index (χ0v) is 11.6. The first-order chi connectivity index (χ1) is 9.40. The van der Waals surface area contributed by atoms with Crippen LogP contribution in [0.1, 0.15) is 12.8 Å². The van der Waals surface area contributed by atoms with Crippen molar-refractivity contribution in [2.45, 2.75) is 31.2 Å². The van der Waals surface area contributed by atoms with Crippen molar-refractivity contribution < 1.29 is 22.7 Å². The number of carbonyl (C=O) groups is 1. The highest BCUT2D eigenvalue weighted by atomic mass is 32.2. The smallest absolute Gasteiger partial charge is 0.304 e. The highest BCUT2D eigenvalue weighted by Gasteiger charge is 2.52. The van der Waals surface area contributed by atoms with Crippen molar-refractivity contribution in [3.8, 4) is 0 Å². The number of amides is 1. The SMILES string of the molecule is O=C1CN(C2C(O)CC3CCNCC3C2F)S(=O)(=O)N1. The van der Waals surface area contributed by atoms with Gasteiger partial charge in [-0.15, -0.1) is 0 Å². The molecule has 0 spiro atoms. The first-order valence-corrected chi connectivity index (χ1v) is 8.19. The van der Waals surface area contributed by atoms with E-state index in [9.17, 15) is 22.7 Å². The van der Waals surface area contributed by atoms with Crippen LogP contribution in [0.15, 0.2) is 0 Å². The number of aliphatic hydroxyl groups excluding tert-OH is 1. The molecule has 5 unspecified atom stereocenters. The van der Waals surface area contributed by atoms with Crippen LogP contribution in [0.3, 0.4) is 0 Å². The lowest BCUT2D eigenvalue weighted by Gasteiger charge is -2.46. The van der Waals surface area contributed by atoms with E-state index in [1.165, 1.54) is 0 Å². The van der Waals surface area contributed by atoms with Gasteiger partial charge in [-0.25, -0.2) is 9.11 Å². The minimum absolute atomic E-state index is 0.0615. The molecule has 0 aromatic rings. The normalized spacial score (nSPS) is 44.9. The van der Waals surface area contributed by atoms with Crippen LogP contribution in [0.2, 0.25) is 0 Å². The van der Waals surface area contributed by atoms with Crippen molar-refractivity contribution in [1.82, 2.24) is 14.3 Å². The number of halogens is 1. The van der Waals surface area contributed by atoms with Crippen molar-refractivity contribution in [2.75, 3.05) is 19.6 Å². The van der Waals surface area contributed by atoms with Gasteiger partial charge in [-0.1, -0.05) is 0 Å². The summed E-state index contributed by atoms with van der Waals surface area (Å²) in [5.74, 6) is -0.942. The van der Waals surface area contributed by atoms with Crippen LogP contribution in [0.25, 0.3) is 0 Å². The van der Waals surface area contributed by atoms with E-state index in [2.05, 4.69) is 5.32 Å². The molecule has 7 nitrogen and oxygen atoms in total. The van der Waals surface area contributed by atoms with Crippen LogP contribution in [0, 0.1) is 11.8 Å². The maximum Gasteiger partial charge on any atom is 0.304 e. The fourth-order valence-electron chi connectivity index (χ4n) is 3.59. The van der Waals surface area contributed by atoms with Gasteiger partial charge in [-0.2, -0.15) is 12.7 Å². The molecule has 5 atom stereocenters. The Balaban J connectivity index is 1.87. The molecule has 2 saturated heterocycles. The van der Waals surface area contributed by atoms with Crippen molar-refractivity contribution >= 4 is 16.1 Å². The fourth-order valence-corrected chi connectivity index (χ4v) is 4.93. The van der Waals surface area contributed by atoms with Gasteiger partial charge in [0.05, 0.1) is 18.7 Å². The summed E-state index contributed by atoms with van der Waals surface area (Å²) >= 11 is 0. The van der Waals surface area contributed by atoms with Crippen molar-refractivity contribution in [3.63, 3.8) is 0 Å². The molecule has 2 aliphatic heterocycles. The quantitative estimate of drug-likeness (QED) is 0.540. The Kier molecular flexibility index (Phi) is 3.47. The number of alkyl halides is 1. The highest BCUT2D eigenvalue weighted by Crippen LogP contribution is 2.39. The molecule has 9 heteroatoms. The first kappa shape index (κ1) is 14.2. The van der Waals surface area contributed by atoms with Gasteiger partial charge in [0.25, 0.3) is 0 Å². The van der Waals surface area contributed by atoms with E-state index >= 15 is 0 Å². The summed E-state index contributed by atoms with van der Waals surface area (Å²) in [6.07, 6.45) is -1.40. The number of rotatable bonds is 1. The predicted molar refractivity (Wildman–Crippen MR) is 67.5 cm³/mol. The van der Waals surface area contributed by atoms with Crippen molar-refractivity contribution in [3.05, 3.63) is 0 Å². The highest BCUT2D eigenvalue weighted by molar-refractivity contribution is 7.88. The molecule has 1 amide bonds. The molecule has 3 fully saturated rings. The molecule has 0 radical (unpaired) electrons. The van der Waals surface area contributed by atoms with Gasteiger partial charge in [0, 0.05) is 12.5 Å². The Morgan fingerprint density at radius 2 is 2.15 bits per heavy atom. The molecule has 3 N–H and O–H groups in total. The minimum atomic E-state index is -4.03. The molecule has 2 heterocycles. The van der Waals surface area contributed by atoms with Gasteiger partial charge in [0.2, 0.25) is 5.91 Å². The molecular weight excluding hydrogens is 289 g/mol. The molecule has 1 aliphatic carbocycles. The Morgan fingerprint density at radius 3 is 2.80 bits per heavy atom. The summed E-state index contributed by atoms with van der Waals surface area (Å²) < 4.78 is 41.0. The molecule has 20 heavy (non-hydrogen) atoms. The summed E-state index contributed by atoms with van der Waals surface area (Å²) in [6, 6.07) is -1.18. The number of carbonyl (C=O) groups excluding carboxylic acids is 1. The maximum atomic E-state index is 14.7. The maximum absolute atomic E-state index is 14.7. The van der Waals surface area contributed by atoms with E-state index in [1.54, 1.807) is 0 Å². The number of nitrogens with zero attached hydrogens (tertiary/aromatic N) is 1. The Hall–Kier alpha value is -0.770. The van der Waals surface area contributed by atoms with E-state index in [0.29, 0.717) is 13.0 Å². The van der Waals surface area contributed by atoms with E-state index < -0.39 is 41.0 Å². The second kappa shape index (κ2) is 4.90. The van der Waals surface area contributed by atoms with Gasteiger partial charge >= 0.3 is 10.2 Å². The summed E-state index contributed by atoms with van der Waals surface area (Å²) in [4.78, 5) is 11.3. The van der Waals surface area contributed by atoms with Gasteiger partial charge in [0.15, 0.2) is 0 Å². The van der Waals surface area contributed by atoms with Gasteiger partial charge < -0.3 is 10.4 Å². The second-order valence-electron chi connectivity index (χ2n) is 5.73. The van der Waals surface area contributed by atoms with Gasteiger partial charge in [-0.05, 0) is 25.3 Å².